The maximum Gasteiger partial charge on any atom is 0.288 e. The number of nitrogens with zero attached hydrogens (tertiary/aromatic N) is 2. The summed E-state index contributed by atoms with van der Waals surface area (Å²) < 4.78 is 27.5. The predicted molar refractivity (Wildman–Crippen MR) is 110 cm³/mol. The van der Waals surface area contributed by atoms with Crippen LogP contribution in [-0.2, 0) is 11.5 Å². The van der Waals surface area contributed by atoms with Gasteiger partial charge in [0, 0.05) is 22.0 Å². The Morgan fingerprint density at radius 1 is 1.18 bits per heavy atom. The fourth-order valence-electron chi connectivity index (χ4n) is 3.14. The number of aryl methyl sites for hydroxylation is 1. The minimum atomic E-state index is -2.59. The van der Waals surface area contributed by atoms with Crippen molar-refractivity contribution < 1.29 is 13.6 Å². The number of carbonyl (C=O) groups is 1. The molecule has 0 saturated heterocycles. The van der Waals surface area contributed by atoms with Gasteiger partial charge in [0.25, 0.3) is 11.7 Å². The smallest absolute Gasteiger partial charge is 0.288 e. The molecular formula is C20H17F2N3OS2. The van der Waals surface area contributed by atoms with Crippen molar-refractivity contribution in [1.29, 1.82) is 0 Å². The van der Waals surface area contributed by atoms with Gasteiger partial charge in [0.2, 0.25) is 0 Å². The maximum atomic E-state index is 13.0. The van der Waals surface area contributed by atoms with Gasteiger partial charge in [-0.15, -0.1) is 0 Å². The summed E-state index contributed by atoms with van der Waals surface area (Å²) in [7, 11) is 0. The highest BCUT2D eigenvalue weighted by molar-refractivity contribution is 7.99. The standard InChI is InChI=1S/C20H17F2N3OS2/c1-12-6-2-4-8-16(12)25-18(14-10-27-11-15(14)24-25)23-19(26)13-7-3-5-9-17(13)28-20(21)22/h2-9,20H,10-11H2,1H3,(H,23,26). The highest BCUT2D eigenvalue weighted by Crippen LogP contribution is 2.37. The molecule has 0 unspecified atom stereocenters. The fraction of sp³-hybridized carbons (Fsp3) is 0.200. The molecule has 1 amide bonds. The average molecular weight is 418 g/mol. The van der Waals surface area contributed by atoms with Gasteiger partial charge < -0.3 is 5.32 Å². The molecule has 8 heteroatoms. The number of aromatic nitrogens is 2. The van der Waals surface area contributed by atoms with Crippen molar-refractivity contribution in [3.63, 3.8) is 0 Å². The first-order chi connectivity index (χ1) is 13.5. The number of fused-ring (bicyclic) bond motifs is 1. The third-order valence-corrected chi connectivity index (χ3v) is 6.23. The van der Waals surface area contributed by atoms with Crippen LogP contribution in [0.2, 0.25) is 0 Å². The molecule has 144 valence electrons. The van der Waals surface area contributed by atoms with Crippen LogP contribution in [0.15, 0.2) is 53.4 Å². The predicted octanol–water partition coefficient (Wildman–Crippen LogP) is 5.49. The molecule has 0 atom stereocenters. The number of thioether (sulfide) groups is 2. The minimum Gasteiger partial charge on any atom is -0.306 e. The molecule has 0 saturated carbocycles. The Kier molecular flexibility index (Phi) is 5.41. The van der Waals surface area contributed by atoms with E-state index in [0.717, 1.165) is 34.0 Å². The summed E-state index contributed by atoms with van der Waals surface area (Å²) >= 11 is 2.11. The number of hydrogen-bond acceptors (Lipinski definition) is 4. The normalized spacial score (nSPS) is 13.0. The van der Waals surface area contributed by atoms with E-state index in [1.54, 1.807) is 34.6 Å². The first-order valence-electron chi connectivity index (χ1n) is 8.64. The Morgan fingerprint density at radius 2 is 1.93 bits per heavy atom. The van der Waals surface area contributed by atoms with Gasteiger partial charge in [-0.05, 0) is 30.7 Å². The summed E-state index contributed by atoms with van der Waals surface area (Å²) in [6, 6.07) is 14.2. The van der Waals surface area contributed by atoms with Crippen LogP contribution in [0.25, 0.3) is 5.69 Å². The third-order valence-electron chi connectivity index (χ3n) is 4.48. The van der Waals surface area contributed by atoms with Crippen LogP contribution in [-0.4, -0.2) is 21.4 Å². The molecule has 0 bridgehead atoms. The number of carbonyl (C=O) groups excluding carboxylic acids is 1. The van der Waals surface area contributed by atoms with Crippen molar-refractivity contribution in [2.24, 2.45) is 0 Å². The molecule has 28 heavy (non-hydrogen) atoms. The van der Waals surface area contributed by atoms with Gasteiger partial charge in [0.1, 0.15) is 5.82 Å². The van der Waals surface area contributed by atoms with Gasteiger partial charge in [-0.2, -0.15) is 25.6 Å². The summed E-state index contributed by atoms with van der Waals surface area (Å²) in [5.41, 5.74) is 4.07. The zero-order valence-electron chi connectivity index (χ0n) is 15.0. The summed E-state index contributed by atoms with van der Waals surface area (Å²) in [6.07, 6.45) is 0. The molecular weight excluding hydrogens is 400 g/mol. The number of hydrogen-bond donors (Lipinski definition) is 1. The van der Waals surface area contributed by atoms with Gasteiger partial charge in [-0.25, -0.2) is 4.68 Å². The van der Waals surface area contributed by atoms with Crippen molar-refractivity contribution in [3.8, 4) is 5.69 Å². The molecule has 1 aromatic heterocycles. The summed E-state index contributed by atoms with van der Waals surface area (Å²) in [5, 5.41) is 7.63. The Bertz CT molecular complexity index is 1040. The lowest BCUT2D eigenvalue weighted by Crippen LogP contribution is -2.17. The Balaban J connectivity index is 1.73. The number of nitrogens with one attached hydrogen (secondary N) is 1. The van der Waals surface area contributed by atoms with E-state index >= 15 is 0 Å². The monoisotopic (exact) mass is 417 g/mol. The second-order valence-corrected chi connectivity index (χ2v) is 8.31. The number of amides is 1. The molecule has 0 radical (unpaired) electrons. The molecule has 0 spiro atoms. The number of halogens is 2. The largest absolute Gasteiger partial charge is 0.306 e. The van der Waals surface area contributed by atoms with Gasteiger partial charge in [0.15, 0.2) is 0 Å². The highest BCUT2D eigenvalue weighted by Gasteiger charge is 2.26. The summed E-state index contributed by atoms with van der Waals surface area (Å²) in [4.78, 5) is 13.2. The molecule has 2 aromatic carbocycles. The molecule has 4 rings (SSSR count). The Hall–Kier alpha value is -2.32. The van der Waals surface area contributed by atoms with Crippen LogP contribution in [0.3, 0.4) is 0 Å². The van der Waals surface area contributed by atoms with Crippen LogP contribution >= 0.6 is 23.5 Å². The zero-order valence-corrected chi connectivity index (χ0v) is 16.6. The molecule has 0 aliphatic carbocycles. The lowest BCUT2D eigenvalue weighted by molar-refractivity contribution is 0.102. The first kappa shape index (κ1) is 19.0. The molecule has 4 nitrogen and oxygen atoms in total. The van der Waals surface area contributed by atoms with E-state index < -0.39 is 11.7 Å². The van der Waals surface area contributed by atoms with Crippen molar-refractivity contribution >= 4 is 35.2 Å². The van der Waals surface area contributed by atoms with E-state index in [2.05, 4.69) is 5.32 Å². The van der Waals surface area contributed by atoms with Gasteiger partial charge in [0.05, 0.1) is 16.9 Å². The fourth-order valence-corrected chi connectivity index (χ4v) is 4.82. The quantitative estimate of drug-likeness (QED) is 0.557. The second kappa shape index (κ2) is 7.97. The van der Waals surface area contributed by atoms with Crippen molar-refractivity contribution in [2.45, 2.75) is 29.1 Å². The molecule has 1 aliphatic rings. The number of rotatable bonds is 5. The third kappa shape index (κ3) is 3.66. The van der Waals surface area contributed by atoms with Crippen molar-refractivity contribution in [2.75, 3.05) is 5.32 Å². The highest BCUT2D eigenvalue weighted by atomic mass is 32.2. The summed E-state index contributed by atoms with van der Waals surface area (Å²) in [6.45, 7) is 1.98. The molecule has 2 heterocycles. The first-order valence-corrected chi connectivity index (χ1v) is 10.7. The number of alkyl halides is 2. The van der Waals surface area contributed by atoms with Crippen LogP contribution in [0.5, 0.6) is 0 Å². The molecule has 1 aliphatic heterocycles. The van der Waals surface area contributed by atoms with Crippen LogP contribution in [0, 0.1) is 6.92 Å². The van der Waals surface area contributed by atoms with Crippen molar-refractivity contribution in [3.05, 3.63) is 70.9 Å². The molecule has 0 fully saturated rings. The second-order valence-electron chi connectivity index (χ2n) is 6.29. The zero-order chi connectivity index (χ0) is 19.7. The van der Waals surface area contributed by atoms with E-state index in [-0.39, 0.29) is 10.5 Å². The van der Waals surface area contributed by atoms with Crippen molar-refractivity contribution in [1.82, 2.24) is 9.78 Å². The van der Waals surface area contributed by atoms with E-state index in [1.165, 1.54) is 6.07 Å². The SMILES string of the molecule is Cc1ccccc1-n1nc2c(c1NC(=O)c1ccccc1SC(F)F)CSC2. The minimum absolute atomic E-state index is 0.227. The van der Waals surface area contributed by atoms with Gasteiger partial charge in [-0.1, -0.05) is 42.1 Å². The van der Waals surface area contributed by atoms with Gasteiger partial charge >= 0.3 is 0 Å². The van der Waals surface area contributed by atoms with E-state index in [9.17, 15) is 13.6 Å². The Morgan fingerprint density at radius 3 is 2.71 bits per heavy atom. The Labute approximate surface area is 169 Å². The molecule has 1 N–H and O–H groups in total. The summed E-state index contributed by atoms with van der Waals surface area (Å²) in [5.74, 6) is -0.861. The lowest BCUT2D eigenvalue weighted by atomic mass is 10.2. The topological polar surface area (TPSA) is 46.9 Å². The van der Waals surface area contributed by atoms with Crippen LogP contribution in [0.4, 0.5) is 14.6 Å². The van der Waals surface area contributed by atoms with E-state index in [4.69, 9.17) is 5.10 Å². The maximum absolute atomic E-state index is 13.0. The average Bonchev–Trinajstić information content (AvgIpc) is 3.25. The van der Waals surface area contributed by atoms with Crippen LogP contribution < -0.4 is 5.32 Å². The molecule has 3 aromatic rings. The lowest BCUT2D eigenvalue weighted by Gasteiger charge is -2.14. The number of anilines is 1. The van der Waals surface area contributed by atoms with Crippen LogP contribution in [0.1, 0.15) is 27.2 Å². The number of benzene rings is 2. The van der Waals surface area contributed by atoms with E-state index in [1.807, 2.05) is 31.2 Å². The van der Waals surface area contributed by atoms with E-state index in [0.29, 0.717) is 17.6 Å². The number of para-hydroxylation sites is 1. The van der Waals surface area contributed by atoms with Gasteiger partial charge in [-0.3, -0.25) is 4.79 Å².